The van der Waals surface area contributed by atoms with Crippen LogP contribution < -0.4 is 10.6 Å². The van der Waals surface area contributed by atoms with Crippen LogP contribution in [0.2, 0.25) is 0 Å². The first kappa shape index (κ1) is 13.3. The molecular formula is C12H18N2O3. The zero-order valence-electron chi connectivity index (χ0n) is 10.5. The fraction of sp³-hybridized carbons (Fsp3) is 0.500. The molecule has 5 nitrogen and oxygen atoms in total. The highest BCUT2D eigenvalue weighted by Gasteiger charge is 2.21. The summed E-state index contributed by atoms with van der Waals surface area (Å²) in [6.45, 7) is 7.29. The summed E-state index contributed by atoms with van der Waals surface area (Å²) in [7, 11) is 0. The smallest absolute Gasteiger partial charge is 0.255 e. The van der Waals surface area contributed by atoms with Crippen molar-refractivity contribution in [3.05, 3.63) is 24.2 Å². The first-order chi connectivity index (χ1) is 7.79. The molecule has 1 aromatic heterocycles. The van der Waals surface area contributed by atoms with Gasteiger partial charge in [0.2, 0.25) is 5.91 Å². The van der Waals surface area contributed by atoms with Crippen LogP contribution in [-0.4, -0.2) is 23.4 Å². The van der Waals surface area contributed by atoms with Crippen molar-refractivity contribution in [2.24, 2.45) is 0 Å². The number of rotatable bonds is 3. The van der Waals surface area contributed by atoms with Crippen molar-refractivity contribution in [2.45, 2.75) is 39.3 Å². The topological polar surface area (TPSA) is 71.3 Å². The van der Waals surface area contributed by atoms with Gasteiger partial charge in [0.15, 0.2) is 0 Å². The molecule has 0 saturated carbocycles. The van der Waals surface area contributed by atoms with Crippen molar-refractivity contribution in [1.29, 1.82) is 0 Å². The highest BCUT2D eigenvalue weighted by Crippen LogP contribution is 2.02. The Morgan fingerprint density at radius 1 is 1.35 bits per heavy atom. The van der Waals surface area contributed by atoms with Gasteiger partial charge in [-0.1, -0.05) is 0 Å². The minimum absolute atomic E-state index is 0.214. The third kappa shape index (κ3) is 4.30. The van der Waals surface area contributed by atoms with E-state index >= 15 is 0 Å². The Balaban J connectivity index is 2.52. The van der Waals surface area contributed by atoms with E-state index in [0.717, 1.165) is 0 Å². The molecule has 1 unspecified atom stereocenters. The van der Waals surface area contributed by atoms with Gasteiger partial charge in [-0.3, -0.25) is 9.59 Å². The quantitative estimate of drug-likeness (QED) is 0.834. The summed E-state index contributed by atoms with van der Waals surface area (Å²) in [5.74, 6) is -0.537. The molecule has 1 rings (SSSR count). The lowest BCUT2D eigenvalue weighted by Crippen LogP contribution is -2.50. The average molecular weight is 238 g/mol. The van der Waals surface area contributed by atoms with Gasteiger partial charge in [-0.15, -0.1) is 0 Å². The Kier molecular flexibility index (Phi) is 3.93. The van der Waals surface area contributed by atoms with Gasteiger partial charge in [0.1, 0.15) is 12.3 Å². The molecule has 0 aliphatic rings. The number of amides is 2. The van der Waals surface area contributed by atoms with Gasteiger partial charge in [0.05, 0.1) is 11.8 Å². The van der Waals surface area contributed by atoms with Crippen LogP contribution in [0, 0.1) is 0 Å². The number of carbonyl (C=O) groups is 2. The fourth-order valence-electron chi connectivity index (χ4n) is 1.22. The van der Waals surface area contributed by atoms with E-state index < -0.39 is 6.04 Å². The third-order valence-corrected chi connectivity index (χ3v) is 2.02. The minimum Gasteiger partial charge on any atom is -0.472 e. The van der Waals surface area contributed by atoms with Gasteiger partial charge >= 0.3 is 0 Å². The van der Waals surface area contributed by atoms with Crippen LogP contribution in [0.4, 0.5) is 0 Å². The highest BCUT2D eigenvalue weighted by molar-refractivity contribution is 5.97. The van der Waals surface area contributed by atoms with Crippen LogP contribution in [0.1, 0.15) is 38.1 Å². The molecule has 5 heteroatoms. The molecule has 94 valence electrons. The molecule has 0 aromatic carbocycles. The Bertz CT molecular complexity index is 390. The van der Waals surface area contributed by atoms with Crippen LogP contribution in [0.5, 0.6) is 0 Å². The van der Waals surface area contributed by atoms with E-state index in [1.165, 1.54) is 12.5 Å². The maximum absolute atomic E-state index is 11.7. The fourth-order valence-corrected chi connectivity index (χ4v) is 1.22. The van der Waals surface area contributed by atoms with E-state index in [4.69, 9.17) is 4.42 Å². The molecule has 0 radical (unpaired) electrons. The lowest BCUT2D eigenvalue weighted by Gasteiger charge is -2.23. The number of hydrogen-bond acceptors (Lipinski definition) is 3. The number of furan rings is 1. The maximum atomic E-state index is 11.7. The second-order valence-corrected chi connectivity index (χ2v) is 4.95. The van der Waals surface area contributed by atoms with Gasteiger partial charge in [-0.25, -0.2) is 0 Å². The largest absolute Gasteiger partial charge is 0.472 e. The predicted molar refractivity (Wildman–Crippen MR) is 63.5 cm³/mol. The average Bonchev–Trinajstić information content (AvgIpc) is 2.67. The number of carbonyl (C=O) groups excluding carboxylic acids is 2. The summed E-state index contributed by atoms with van der Waals surface area (Å²) in [5.41, 5.74) is 0.0894. The van der Waals surface area contributed by atoms with Crippen molar-refractivity contribution in [3.63, 3.8) is 0 Å². The number of nitrogens with one attached hydrogen (secondary N) is 2. The Morgan fingerprint density at radius 3 is 2.47 bits per heavy atom. The first-order valence-corrected chi connectivity index (χ1v) is 5.45. The van der Waals surface area contributed by atoms with E-state index in [0.29, 0.717) is 5.56 Å². The SMILES string of the molecule is CC(NC(=O)c1ccoc1)C(=O)NC(C)(C)C. The maximum Gasteiger partial charge on any atom is 0.255 e. The van der Waals surface area contributed by atoms with Crippen molar-refractivity contribution >= 4 is 11.8 Å². The molecule has 0 spiro atoms. The standard InChI is InChI=1S/C12H18N2O3/c1-8(10(15)14-12(2,3)4)13-11(16)9-5-6-17-7-9/h5-8H,1-4H3,(H,13,16)(H,14,15). The highest BCUT2D eigenvalue weighted by atomic mass is 16.3. The van der Waals surface area contributed by atoms with E-state index in [1.807, 2.05) is 20.8 Å². The summed E-state index contributed by atoms with van der Waals surface area (Å²) < 4.78 is 4.80. The molecule has 0 fully saturated rings. The van der Waals surface area contributed by atoms with Crippen molar-refractivity contribution in [1.82, 2.24) is 10.6 Å². The monoisotopic (exact) mass is 238 g/mol. The van der Waals surface area contributed by atoms with Crippen LogP contribution in [0.25, 0.3) is 0 Å². The van der Waals surface area contributed by atoms with E-state index in [9.17, 15) is 9.59 Å². The second kappa shape index (κ2) is 5.03. The van der Waals surface area contributed by atoms with Crippen LogP contribution >= 0.6 is 0 Å². The predicted octanol–water partition coefficient (Wildman–Crippen LogP) is 1.31. The van der Waals surface area contributed by atoms with Gasteiger partial charge in [0, 0.05) is 5.54 Å². The molecule has 2 amide bonds. The first-order valence-electron chi connectivity index (χ1n) is 5.45. The molecule has 1 atom stereocenters. The Morgan fingerprint density at radius 2 is 2.00 bits per heavy atom. The molecule has 0 aliphatic heterocycles. The third-order valence-electron chi connectivity index (χ3n) is 2.02. The molecule has 0 saturated heterocycles. The van der Waals surface area contributed by atoms with Gasteiger partial charge in [-0.2, -0.15) is 0 Å². The summed E-state index contributed by atoms with van der Waals surface area (Å²) >= 11 is 0. The van der Waals surface area contributed by atoms with Crippen molar-refractivity contribution in [2.75, 3.05) is 0 Å². The van der Waals surface area contributed by atoms with Crippen LogP contribution in [0.15, 0.2) is 23.0 Å². The van der Waals surface area contributed by atoms with Gasteiger partial charge < -0.3 is 15.1 Å². The van der Waals surface area contributed by atoms with E-state index in [2.05, 4.69) is 10.6 Å². The Labute approximate surface area is 101 Å². The van der Waals surface area contributed by atoms with Gasteiger partial charge in [0.25, 0.3) is 5.91 Å². The number of hydrogen-bond donors (Lipinski definition) is 2. The summed E-state index contributed by atoms with van der Waals surface area (Å²) in [5, 5.41) is 5.39. The lowest BCUT2D eigenvalue weighted by atomic mass is 10.1. The Hall–Kier alpha value is -1.78. The van der Waals surface area contributed by atoms with E-state index in [1.54, 1.807) is 13.0 Å². The second-order valence-electron chi connectivity index (χ2n) is 4.95. The van der Waals surface area contributed by atoms with Crippen LogP contribution in [-0.2, 0) is 4.79 Å². The normalized spacial score (nSPS) is 12.9. The summed E-state index contributed by atoms with van der Waals surface area (Å²) in [4.78, 5) is 23.3. The summed E-state index contributed by atoms with van der Waals surface area (Å²) in [6, 6.07) is 0.959. The molecule has 17 heavy (non-hydrogen) atoms. The molecule has 1 aromatic rings. The molecular weight excluding hydrogens is 220 g/mol. The van der Waals surface area contributed by atoms with Crippen LogP contribution in [0.3, 0.4) is 0 Å². The van der Waals surface area contributed by atoms with E-state index in [-0.39, 0.29) is 17.4 Å². The van der Waals surface area contributed by atoms with Gasteiger partial charge in [-0.05, 0) is 33.8 Å². The van der Waals surface area contributed by atoms with Crippen molar-refractivity contribution < 1.29 is 14.0 Å². The lowest BCUT2D eigenvalue weighted by molar-refractivity contribution is -0.124. The molecule has 2 N–H and O–H groups in total. The summed E-state index contributed by atoms with van der Waals surface area (Å²) in [6.07, 6.45) is 2.75. The molecule has 1 heterocycles. The zero-order valence-corrected chi connectivity index (χ0v) is 10.5. The molecule has 0 bridgehead atoms. The van der Waals surface area contributed by atoms with Crippen molar-refractivity contribution in [3.8, 4) is 0 Å². The molecule has 0 aliphatic carbocycles. The zero-order chi connectivity index (χ0) is 13.1. The minimum atomic E-state index is -0.586.